The van der Waals surface area contributed by atoms with Crippen molar-refractivity contribution in [2.45, 2.75) is 25.9 Å². The second kappa shape index (κ2) is 7.15. The van der Waals surface area contributed by atoms with Gasteiger partial charge in [-0.3, -0.25) is 9.15 Å². The van der Waals surface area contributed by atoms with Gasteiger partial charge in [0, 0.05) is 76.6 Å². The van der Waals surface area contributed by atoms with Crippen LogP contribution in [0.25, 0.3) is 0 Å². The van der Waals surface area contributed by atoms with E-state index in [0.717, 1.165) is 17.5 Å². The number of nitrogens with zero attached hydrogens (tertiary/aromatic N) is 2. The predicted molar refractivity (Wildman–Crippen MR) is 85.6 cm³/mol. The molecule has 0 bridgehead atoms. The van der Waals surface area contributed by atoms with Crippen LogP contribution in [0.15, 0.2) is 53.4 Å². The molecule has 4 rings (SSSR count). The quantitative estimate of drug-likeness (QED) is 0.471. The van der Waals surface area contributed by atoms with Gasteiger partial charge in [-0.25, -0.2) is 0 Å². The molecule has 0 amide bonds. The van der Waals surface area contributed by atoms with Crippen molar-refractivity contribution < 1.29 is 74.6 Å². The van der Waals surface area contributed by atoms with Gasteiger partial charge in [0.2, 0.25) is 0 Å². The number of hydrogen-bond donors (Lipinski definition) is 0. The second-order valence-corrected chi connectivity index (χ2v) is 5.93. The van der Waals surface area contributed by atoms with E-state index in [0.29, 0.717) is 0 Å². The van der Waals surface area contributed by atoms with Gasteiger partial charge in [-0.05, 0) is 13.3 Å². The zero-order valence-corrected chi connectivity index (χ0v) is 19.6. The Hall–Kier alpha value is -0.272. The van der Waals surface area contributed by atoms with Crippen molar-refractivity contribution in [3.8, 4) is 0 Å². The third-order valence-corrected chi connectivity index (χ3v) is 4.70. The van der Waals surface area contributed by atoms with Crippen molar-refractivity contribution in [2.75, 3.05) is 0 Å². The summed E-state index contributed by atoms with van der Waals surface area (Å²) in [5, 5.41) is 0. The molecule has 0 saturated heterocycles. The Kier molecular flexibility index (Phi) is 5.97. The van der Waals surface area contributed by atoms with Gasteiger partial charge in [0.25, 0.3) is 0 Å². The Morgan fingerprint density at radius 3 is 2.42 bits per heavy atom. The topological polar surface area (TPSA) is 6.02 Å². The van der Waals surface area contributed by atoms with E-state index in [4.69, 9.17) is 13.2 Å². The molecule has 0 fully saturated rings. The molecule has 114 valence electrons. The minimum absolute atomic E-state index is 0. The van der Waals surface area contributed by atoms with Crippen LogP contribution in [0.2, 0.25) is 0 Å². The first-order valence-electron chi connectivity index (χ1n) is 7.37. The molecule has 2 aliphatic heterocycles. The molecule has 1 spiro atoms. The first-order valence-corrected chi connectivity index (χ1v) is 7.37. The fourth-order valence-electron chi connectivity index (χ4n) is 3.82. The third-order valence-electron chi connectivity index (χ3n) is 4.70. The van der Waals surface area contributed by atoms with Gasteiger partial charge in [-0.15, -0.1) is 12.3 Å². The number of fused-ring (bicyclic) bond motifs is 3. The maximum atomic E-state index is 5.94. The molecule has 2 nitrogen and oxygen atoms in total. The summed E-state index contributed by atoms with van der Waals surface area (Å²) in [5.41, 5.74) is 6.42. The minimum Gasteiger partial charge on any atom is -0.518 e. The third kappa shape index (κ3) is 2.45. The summed E-state index contributed by atoms with van der Waals surface area (Å²) in [5.74, 6) is 0. The van der Waals surface area contributed by atoms with Crippen LogP contribution in [0.5, 0.6) is 0 Å². The van der Waals surface area contributed by atoms with Crippen molar-refractivity contribution >= 4 is 12.4 Å². The summed E-state index contributed by atoms with van der Waals surface area (Å²) in [6.45, 7) is 16.1. The molecule has 3 aliphatic rings. The Morgan fingerprint density at radius 1 is 1.08 bits per heavy atom. The van der Waals surface area contributed by atoms with E-state index >= 15 is 0 Å². The summed E-state index contributed by atoms with van der Waals surface area (Å²) >= 11 is 0. The van der Waals surface area contributed by atoms with Crippen LogP contribution in [0.4, 0.5) is 0 Å². The van der Waals surface area contributed by atoms with E-state index < -0.39 is 5.66 Å². The summed E-state index contributed by atoms with van der Waals surface area (Å²) in [4.78, 5) is 0. The van der Waals surface area contributed by atoms with Gasteiger partial charge in [-0.1, -0.05) is 53.6 Å². The largest absolute Gasteiger partial charge is 0.518 e. The molecule has 2 heterocycles. The Labute approximate surface area is 194 Å². The average molecular weight is 462 g/mol. The smallest absolute Gasteiger partial charge is 0.304 e. The SMILES string of the molecule is [CH-]=C[N+]1=[C-]C2=C(C(C)=CC2)C12c1ccc(C)cc1[C-]=[N+]2C=[CH-].[Y].[Y]. The van der Waals surface area contributed by atoms with E-state index in [2.05, 4.69) is 50.6 Å². The summed E-state index contributed by atoms with van der Waals surface area (Å²) < 4.78 is 3.84. The van der Waals surface area contributed by atoms with E-state index in [-0.39, 0.29) is 65.4 Å². The number of benzene rings is 1. The molecule has 2 radical (unpaired) electrons. The van der Waals surface area contributed by atoms with E-state index in [1.807, 2.05) is 9.15 Å². The molecule has 1 aliphatic carbocycles. The van der Waals surface area contributed by atoms with E-state index in [1.165, 1.54) is 22.3 Å². The van der Waals surface area contributed by atoms with Crippen molar-refractivity contribution in [1.82, 2.24) is 0 Å². The monoisotopic (exact) mass is 462 g/mol. The molecule has 1 atom stereocenters. The first kappa shape index (κ1) is 20.0. The molecular formula is C20H16N2Y2-2. The predicted octanol–water partition coefficient (Wildman–Crippen LogP) is 2.98. The summed E-state index contributed by atoms with van der Waals surface area (Å²) in [7, 11) is 0. The molecule has 0 saturated carbocycles. The molecule has 0 aromatic heterocycles. The molecule has 4 heteroatoms. The summed E-state index contributed by atoms with van der Waals surface area (Å²) in [6.07, 6.45) is 13.0. The molecule has 24 heavy (non-hydrogen) atoms. The van der Waals surface area contributed by atoms with Crippen LogP contribution in [-0.2, 0) is 71.1 Å². The van der Waals surface area contributed by atoms with Crippen LogP contribution in [0.1, 0.15) is 30.0 Å². The van der Waals surface area contributed by atoms with Gasteiger partial charge in [-0.2, -0.15) is 0 Å². The van der Waals surface area contributed by atoms with Gasteiger partial charge < -0.3 is 13.2 Å². The van der Waals surface area contributed by atoms with Crippen LogP contribution < -0.4 is 0 Å². The van der Waals surface area contributed by atoms with Gasteiger partial charge in [0.05, 0.1) is 0 Å². The number of allylic oxidation sites excluding steroid dienone is 2. The van der Waals surface area contributed by atoms with Gasteiger partial charge in [0.15, 0.2) is 6.21 Å². The fraction of sp³-hybridized carbons (Fsp3) is 0.200. The minimum atomic E-state index is -0.584. The van der Waals surface area contributed by atoms with E-state index in [9.17, 15) is 0 Å². The Morgan fingerprint density at radius 2 is 1.75 bits per heavy atom. The first-order chi connectivity index (χ1) is 10.6. The van der Waals surface area contributed by atoms with Crippen molar-refractivity contribution in [3.63, 3.8) is 0 Å². The van der Waals surface area contributed by atoms with Crippen molar-refractivity contribution in [3.05, 3.63) is 83.2 Å². The van der Waals surface area contributed by atoms with Crippen molar-refractivity contribution in [2.24, 2.45) is 0 Å². The maximum Gasteiger partial charge on any atom is 0.304 e. The fourth-order valence-corrected chi connectivity index (χ4v) is 3.82. The second-order valence-electron chi connectivity index (χ2n) is 5.93. The number of aryl methyl sites for hydroxylation is 1. The zero-order valence-electron chi connectivity index (χ0n) is 13.9. The standard InChI is InChI=1S/C20H16N2.2Y/c1-5-21-12-16-9-8-15(4)19(16)20(21)18-10-7-14(3)11-17(18)13-22(20)6-2;;/h1-2,5-8,10-11H,9H2,3-4H3;;/q-2;;. The normalized spacial score (nSPS) is 22.8. The molecule has 1 aromatic carbocycles. The van der Waals surface area contributed by atoms with Crippen molar-refractivity contribution in [1.29, 1.82) is 0 Å². The number of hydrogen-bond acceptors (Lipinski definition) is 0. The molecule has 1 unspecified atom stereocenters. The summed E-state index contributed by atoms with van der Waals surface area (Å²) in [6, 6.07) is 6.38. The van der Waals surface area contributed by atoms with E-state index in [1.54, 1.807) is 12.4 Å². The van der Waals surface area contributed by atoms with Crippen LogP contribution in [0, 0.1) is 20.1 Å². The zero-order chi connectivity index (χ0) is 15.5. The Balaban J connectivity index is 0.00000104. The van der Waals surface area contributed by atoms with Crippen LogP contribution >= 0.6 is 0 Å². The molecular weight excluding hydrogens is 446 g/mol. The average Bonchev–Trinajstić information content (AvgIpc) is 3.13. The van der Waals surface area contributed by atoms with Gasteiger partial charge >= 0.3 is 5.66 Å². The number of rotatable bonds is 2. The molecule has 0 N–H and O–H groups in total. The van der Waals surface area contributed by atoms with Crippen LogP contribution in [0.3, 0.4) is 0 Å². The van der Waals surface area contributed by atoms with Gasteiger partial charge in [0.1, 0.15) is 6.21 Å². The Bertz CT molecular complexity index is 872. The maximum absolute atomic E-state index is 5.94. The van der Waals surface area contributed by atoms with Crippen LogP contribution in [-0.4, -0.2) is 21.6 Å². The molecule has 1 aromatic rings.